The second kappa shape index (κ2) is 3.60. The number of aromatic nitrogens is 3. The van der Waals surface area contributed by atoms with E-state index in [0.29, 0.717) is 6.54 Å². The van der Waals surface area contributed by atoms with Crippen LogP contribution in [0.2, 0.25) is 0 Å². The van der Waals surface area contributed by atoms with Gasteiger partial charge in [-0.15, -0.1) is 0 Å². The highest BCUT2D eigenvalue weighted by Crippen LogP contribution is 2.35. The van der Waals surface area contributed by atoms with Crippen molar-refractivity contribution < 1.29 is 0 Å². The van der Waals surface area contributed by atoms with Crippen molar-refractivity contribution in [3.05, 3.63) is 69.0 Å². The number of fused-ring (bicyclic) bond motifs is 5. The van der Waals surface area contributed by atoms with Gasteiger partial charge in [0, 0.05) is 0 Å². The zero-order valence-electron chi connectivity index (χ0n) is 10.3. The Hall–Kier alpha value is -2.30. The molecule has 5 heteroatoms. The van der Waals surface area contributed by atoms with E-state index >= 15 is 0 Å². The molecule has 2 bridgehead atoms. The van der Waals surface area contributed by atoms with Crippen molar-refractivity contribution in [2.24, 2.45) is 0 Å². The van der Waals surface area contributed by atoms with E-state index in [1.165, 1.54) is 4.57 Å². The molecule has 4 rings (SSSR count). The molecule has 0 spiro atoms. The zero-order chi connectivity index (χ0) is 13.0. The van der Waals surface area contributed by atoms with E-state index in [1.807, 2.05) is 42.5 Å². The summed E-state index contributed by atoms with van der Waals surface area (Å²) in [6, 6.07) is 9.70. The van der Waals surface area contributed by atoms with Gasteiger partial charge in [-0.3, -0.25) is 0 Å². The molecule has 5 nitrogen and oxygen atoms in total. The van der Waals surface area contributed by atoms with Crippen LogP contribution in [-0.4, -0.2) is 13.9 Å². The number of hydrogen-bond acceptors (Lipinski definition) is 2. The Morgan fingerprint density at radius 2 is 1.53 bits per heavy atom. The molecular formula is C14H13N3O2. The van der Waals surface area contributed by atoms with Gasteiger partial charge in [-0.05, 0) is 12.0 Å². The van der Waals surface area contributed by atoms with Crippen molar-refractivity contribution in [2.75, 3.05) is 0 Å². The van der Waals surface area contributed by atoms with Gasteiger partial charge in [0.05, 0.1) is 18.6 Å². The number of allylic oxidation sites excluding steroid dienone is 2. The van der Waals surface area contributed by atoms with E-state index in [9.17, 15) is 9.59 Å². The molecule has 2 aromatic rings. The maximum absolute atomic E-state index is 12.3. The molecule has 1 aromatic heterocycles. The van der Waals surface area contributed by atoms with Crippen molar-refractivity contribution >= 4 is 0 Å². The number of nitrogens with zero attached hydrogens (tertiary/aromatic N) is 3. The van der Waals surface area contributed by atoms with Crippen LogP contribution in [-0.2, 0) is 6.54 Å². The van der Waals surface area contributed by atoms with Gasteiger partial charge in [-0.1, -0.05) is 42.5 Å². The molecule has 2 heterocycles. The summed E-state index contributed by atoms with van der Waals surface area (Å²) in [6.07, 6.45) is 4.87. The molecule has 0 saturated carbocycles. The second-order valence-electron chi connectivity index (χ2n) is 5.08. The molecule has 2 atom stereocenters. The maximum atomic E-state index is 12.3. The minimum absolute atomic E-state index is 0.0576. The maximum Gasteiger partial charge on any atom is 0.348 e. The summed E-state index contributed by atoms with van der Waals surface area (Å²) in [5, 5.41) is 0. The van der Waals surface area contributed by atoms with Gasteiger partial charge in [0.1, 0.15) is 0 Å². The minimum atomic E-state index is -0.203. The monoisotopic (exact) mass is 255 g/mol. The average molecular weight is 255 g/mol. The molecule has 0 amide bonds. The Morgan fingerprint density at radius 3 is 2.11 bits per heavy atom. The first-order valence-electron chi connectivity index (χ1n) is 6.42. The molecule has 1 aliphatic heterocycles. The average Bonchev–Trinajstić information content (AvgIpc) is 3.10. The van der Waals surface area contributed by atoms with E-state index < -0.39 is 0 Å². The lowest BCUT2D eigenvalue weighted by Gasteiger charge is -2.07. The van der Waals surface area contributed by atoms with E-state index in [2.05, 4.69) is 0 Å². The van der Waals surface area contributed by atoms with E-state index in [1.54, 1.807) is 9.36 Å². The quantitative estimate of drug-likeness (QED) is 0.749. The molecule has 0 saturated heterocycles. The molecule has 96 valence electrons. The summed E-state index contributed by atoms with van der Waals surface area (Å²) < 4.78 is 4.51. The van der Waals surface area contributed by atoms with Gasteiger partial charge in [0.2, 0.25) is 0 Å². The topological polar surface area (TPSA) is 48.9 Å². The Labute approximate surface area is 109 Å². The number of benzene rings is 1. The normalized spacial score (nSPS) is 22.9. The van der Waals surface area contributed by atoms with Crippen LogP contribution in [0.1, 0.15) is 24.1 Å². The first kappa shape index (κ1) is 10.6. The van der Waals surface area contributed by atoms with Crippen molar-refractivity contribution in [3.8, 4) is 0 Å². The summed E-state index contributed by atoms with van der Waals surface area (Å²) in [4.78, 5) is 24.7. The summed E-state index contributed by atoms with van der Waals surface area (Å²) in [6.45, 7) is 0.338. The van der Waals surface area contributed by atoms with Crippen LogP contribution in [0.15, 0.2) is 52.1 Å². The molecule has 0 fully saturated rings. The van der Waals surface area contributed by atoms with Crippen molar-refractivity contribution in [3.63, 3.8) is 0 Å². The standard InChI is InChI=1S/C14H13N3O2/c18-13-15(9-10-4-2-1-3-5-10)14(19)17-12-7-6-11(8-12)16(13)17/h1-7,11-12H,8-9H2/t11-,12+. The number of hydrogen-bond donors (Lipinski definition) is 0. The first-order valence-corrected chi connectivity index (χ1v) is 6.42. The molecule has 1 aromatic carbocycles. The lowest BCUT2D eigenvalue weighted by molar-refractivity contribution is 0.505. The third-order valence-corrected chi connectivity index (χ3v) is 3.94. The van der Waals surface area contributed by atoms with Crippen LogP contribution in [0.4, 0.5) is 0 Å². The van der Waals surface area contributed by atoms with Crippen LogP contribution in [0.3, 0.4) is 0 Å². The minimum Gasteiger partial charge on any atom is -0.246 e. The summed E-state index contributed by atoms with van der Waals surface area (Å²) >= 11 is 0. The summed E-state index contributed by atoms with van der Waals surface area (Å²) in [5.41, 5.74) is 0.559. The first-order chi connectivity index (χ1) is 9.25. The lowest BCUT2D eigenvalue weighted by Crippen LogP contribution is -2.30. The lowest BCUT2D eigenvalue weighted by atomic mass is 10.2. The van der Waals surface area contributed by atoms with Gasteiger partial charge in [-0.25, -0.2) is 23.5 Å². The van der Waals surface area contributed by atoms with Crippen molar-refractivity contribution in [1.82, 2.24) is 13.9 Å². The summed E-state index contributed by atoms with van der Waals surface area (Å²) in [5.74, 6) is 0. The molecule has 0 radical (unpaired) electrons. The van der Waals surface area contributed by atoms with Gasteiger partial charge < -0.3 is 0 Å². The fourth-order valence-corrected chi connectivity index (χ4v) is 3.04. The Bertz CT molecular complexity index is 736. The van der Waals surface area contributed by atoms with Gasteiger partial charge in [-0.2, -0.15) is 0 Å². The van der Waals surface area contributed by atoms with Crippen LogP contribution in [0.25, 0.3) is 0 Å². The Morgan fingerprint density at radius 1 is 0.947 bits per heavy atom. The molecule has 19 heavy (non-hydrogen) atoms. The van der Waals surface area contributed by atoms with Crippen LogP contribution >= 0.6 is 0 Å². The van der Waals surface area contributed by atoms with Crippen LogP contribution < -0.4 is 11.4 Å². The highest BCUT2D eigenvalue weighted by Gasteiger charge is 2.36. The molecule has 1 aliphatic carbocycles. The predicted molar refractivity (Wildman–Crippen MR) is 70.3 cm³/mol. The third-order valence-electron chi connectivity index (χ3n) is 3.94. The SMILES string of the molecule is O=c1n(Cc2ccccc2)c(=O)n2n1[C@@H]1C=C[C@H]2C1. The smallest absolute Gasteiger partial charge is 0.246 e. The second-order valence-corrected chi connectivity index (χ2v) is 5.08. The highest BCUT2D eigenvalue weighted by atomic mass is 16.2. The molecule has 2 aliphatic rings. The third kappa shape index (κ3) is 1.35. The largest absolute Gasteiger partial charge is 0.348 e. The van der Waals surface area contributed by atoms with E-state index in [0.717, 1.165) is 12.0 Å². The molecule has 0 N–H and O–H groups in total. The predicted octanol–water partition coefficient (Wildman–Crippen LogP) is 0.915. The zero-order valence-corrected chi connectivity index (χ0v) is 10.3. The number of rotatable bonds is 2. The van der Waals surface area contributed by atoms with Crippen molar-refractivity contribution in [1.29, 1.82) is 0 Å². The molecular weight excluding hydrogens is 242 g/mol. The summed E-state index contributed by atoms with van der Waals surface area (Å²) in [7, 11) is 0. The van der Waals surface area contributed by atoms with Crippen LogP contribution in [0.5, 0.6) is 0 Å². The Kier molecular flexibility index (Phi) is 2.01. The van der Waals surface area contributed by atoms with Crippen molar-refractivity contribution in [2.45, 2.75) is 25.0 Å². The highest BCUT2D eigenvalue weighted by molar-refractivity contribution is 5.16. The fourth-order valence-electron chi connectivity index (χ4n) is 3.04. The van der Waals surface area contributed by atoms with Crippen LogP contribution in [0, 0.1) is 0 Å². The van der Waals surface area contributed by atoms with Gasteiger partial charge in [0.25, 0.3) is 0 Å². The van der Waals surface area contributed by atoms with Gasteiger partial charge in [0.15, 0.2) is 0 Å². The molecule has 0 unspecified atom stereocenters. The fraction of sp³-hybridized carbons (Fsp3) is 0.286. The van der Waals surface area contributed by atoms with E-state index in [-0.39, 0.29) is 23.5 Å². The van der Waals surface area contributed by atoms with Gasteiger partial charge >= 0.3 is 11.4 Å². The Balaban J connectivity index is 1.84. The van der Waals surface area contributed by atoms with E-state index in [4.69, 9.17) is 0 Å².